The number of pyridine rings is 1. The van der Waals surface area contributed by atoms with Crippen LogP contribution in [0.5, 0.6) is 0 Å². The first-order valence-corrected chi connectivity index (χ1v) is 5.83. The molecule has 0 aliphatic carbocycles. The van der Waals surface area contributed by atoms with Crippen LogP contribution < -0.4 is 0 Å². The maximum atomic E-state index is 6.21. The summed E-state index contributed by atoms with van der Waals surface area (Å²) in [5.41, 5.74) is 3.62. The highest BCUT2D eigenvalue weighted by Gasteiger charge is 2.16. The number of fused-ring (bicyclic) bond motifs is 1. The lowest BCUT2D eigenvalue weighted by Gasteiger charge is -2.20. The van der Waals surface area contributed by atoms with E-state index in [0.29, 0.717) is 0 Å². The van der Waals surface area contributed by atoms with Crippen LogP contribution in [0.3, 0.4) is 0 Å². The standard InChI is InChI=1S/C14H16ClN/c1-9-7-10(14(2,3)4)8-11-12(15)5-6-16-13(9)11/h5-8H,1-4H3. The summed E-state index contributed by atoms with van der Waals surface area (Å²) < 4.78 is 0. The summed E-state index contributed by atoms with van der Waals surface area (Å²) in [6, 6.07) is 6.19. The van der Waals surface area contributed by atoms with E-state index in [9.17, 15) is 0 Å². The molecule has 2 aromatic rings. The molecule has 0 spiro atoms. The largest absolute Gasteiger partial charge is 0.256 e. The van der Waals surface area contributed by atoms with Gasteiger partial charge in [-0.3, -0.25) is 4.98 Å². The van der Waals surface area contributed by atoms with Gasteiger partial charge in [-0.2, -0.15) is 0 Å². The molecule has 0 amide bonds. The van der Waals surface area contributed by atoms with Crippen molar-refractivity contribution in [2.45, 2.75) is 33.1 Å². The molecule has 0 bridgehead atoms. The summed E-state index contributed by atoms with van der Waals surface area (Å²) >= 11 is 6.21. The van der Waals surface area contributed by atoms with Gasteiger partial charge in [-0.05, 0) is 35.6 Å². The van der Waals surface area contributed by atoms with Crippen LogP contribution in [0.4, 0.5) is 0 Å². The third-order valence-corrected chi connectivity index (χ3v) is 3.18. The van der Waals surface area contributed by atoms with E-state index in [1.807, 2.05) is 6.07 Å². The molecule has 0 aliphatic rings. The lowest BCUT2D eigenvalue weighted by molar-refractivity contribution is 0.590. The van der Waals surface area contributed by atoms with Crippen LogP contribution in [0, 0.1) is 6.92 Å². The number of nitrogens with zero attached hydrogens (tertiary/aromatic N) is 1. The summed E-state index contributed by atoms with van der Waals surface area (Å²) in [5, 5.41) is 1.83. The van der Waals surface area contributed by atoms with Gasteiger partial charge in [-0.1, -0.05) is 38.4 Å². The van der Waals surface area contributed by atoms with Crippen molar-refractivity contribution in [2.24, 2.45) is 0 Å². The fourth-order valence-electron chi connectivity index (χ4n) is 1.83. The maximum absolute atomic E-state index is 6.21. The van der Waals surface area contributed by atoms with Gasteiger partial charge in [0, 0.05) is 11.6 Å². The Hall–Kier alpha value is -1.08. The van der Waals surface area contributed by atoms with E-state index < -0.39 is 0 Å². The van der Waals surface area contributed by atoms with Gasteiger partial charge in [0.2, 0.25) is 0 Å². The molecule has 1 heterocycles. The van der Waals surface area contributed by atoms with Crippen LogP contribution >= 0.6 is 11.6 Å². The zero-order valence-electron chi connectivity index (χ0n) is 10.1. The Bertz CT molecular complexity index is 538. The molecule has 0 saturated carbocycles. The van der Waals surface area contributed by atoms with Crippen molar-refractivity contribution in [2.75, 3.05) is 0 Å². The minimum absolute atomic E-state index is 0.137. The number of benzene rings is 1. The molecular weight excluding hydrogens is 218 g/mol. The van der Waals surface area contributed by atoms with Gasteiger partial charge in [0.05, 0.1) is 10.5 Å². The van der Waals surface area contributed by atoms with Gasteiger partial charge in [0.15, 0.2) is 0 Å². The number of hydrogen-bond acceptors (Lipinski definition) is 1. The summed E-state index contributed by atoms with van der Waals surface area (Å²) in [6.07, 6.45) is 1.76. The van der Waals surface area contributed by atoms with Crippen LogP contribution in [0.25, 0.3) is 10.9 Å². The first kappa shape index (κ1) is 11.4. The molecule has 0 unspecified atom stereocenters. The molecule has 0 atom stereocenters. The molecule has 16 heavy (non-hydrogen) atoms. The summed E-state index contributed by atoms with van der Waals surface area (Å²) in [4.78, 5) is 4.38. The van der Waals surface area contributed by atoms with Crippen LogP contribution in [0.2, 0.25) is 5.02 Å². The molecule has 0 fully saturated rings. The Morgan fingerprint density at radius 3 is 2.50 bits per heavy atom. The number of hydrogen-bond donors (Lipinski definition) is 0. The van der Waals surface area contributed by atoms with Crippen LogP contribution in [0.15, 0.2) is 24.4 Å². The number of aryl methyl sites for hydroxylation is 1. The quantitative estimate of drug-likeness (QED) is 0.653. The zero-order valence-corrected chi connectivity index (χ0v) is 10.9. The van der Waals surface area contributed by atoms with Crippen molar-refractivity contribution in [3.63, 3.8) is 0 Å². The van der Waals surface area contributed by atoms with E-state index in [0.717, 1.165) is 15.9 Å². The third kappa shape index (κ3) is 1.92. The summed E-state index contributed by atoms with van der Waals surface area (Å²) in [6.45, 7) is 8.70. The lowest BCUT2D eigenvalue weighted by atomic mass is 9.85. The summed E-state index contributed by atoms with van der Waals surface area (Å²) in [5.74, 6) is 0. The predicted molar refractivity (Wildman–Crippen MR) is 70.2 cm³/mol. The first-order chi connectivity index (χ1) is 7.39. The third-order valence-electron chi connectivity index (χ3n) is 2.85. The monoisotopic (exact) mass is 233 g/mol. The molecular formula is C14H16ClN. The fourth-order valence-corrected chi connectivity index (χ4v) is 2.03. The second-order valence-electron chi connectivity index (χ2n) is 5.23. The van der Waals surface area contributed by atoms with Crippen LogP contribution in [-0.2, 0) is 5.41 Å². The maximum Gasteiger partial charge on any atom is 0.0746 e. The first-order valence-electron chi connectivity index (χ1n) is 5.45. The van der Waals surface area contributed by atoms with E-state index in [2.05, 4.69) is 44.8 Å². The second-order valence-corrected chi connectivity index (χ2v) is 5.64. The van der Waals surface area contributed by atoms with Crippen LogP contribution in [-0.4, -0.2) is 4.98 Å². The van der Waals surface area contributed by atoms with Crippen molar-refractivity contribution >= 4 is 22.5 Å². The SMILES string of the molecule is Cc1cc(C(C)(C)C)cc2c(Cl)ccnc12. The number of halogens is 1. The molecule has 0 aliphatic heterocycles. The van der Waals surface area contributed by atoms with E-state index in [1.165, 1.54) is 11.1 Å². The van der Waals surface area contributed by atoms with E-state index in [-0.39, 0.29) is 5.41 Å². The van der Waals surface area contributed by atoms with E-state index >= 15 is 0 Å². The van der Waals surface area contributed by atoms with Crippen LogP contribution in [0.1, 0.15) is 31.9 Å². The van der Waals surface area contributed by atoms with Gasteiger partial charge in [0.25, 0.3) is 0 Å². The Labute approximate surface area is 101 Å². The molecule has 84 valence electrons. The Balaban J connectivity index is 2.81. The highest BCUT2D eigenvalue weighted by Crippen LogP contribution is 2.30. The van der Waals surface area contributed by atoms with Gasteiger partial charge in [-0.25, -0.2) is 0 Å². The molecule has 2 rings (SSSR count). The highest BCUT2D eigenvalue weighted by atomic mass is 35.5. The van der Waals surface area contributed by atoms with E-state index in [4.69, 9.17) is 11.6 Å². The number of rotatable bonds is 0. The normalized spacial score (nSPS) is 12.1. The molecule has 0 radical (unpaired) electrons. The lowest BCUT2D eigenvalue weighted by Crippen LogP contribution is -2.11. The van der Waals surface area contributed by atoms with Crippen molar-refractivity contribution in [3.05, 3.63) is 40.5 Å². The number of aromatic nitrogens is 1. The minimum atomic E-state index is 0.137. The Kier molecular flexibility index (Phi) is 2.67. The predicted octanol–water partition coefficient (Wildman–Crippen LogP) is 4.49. The topological polar surface area (TPSA) is 12.9 Å². The van der Waals surface area contributed by atoms with Crippen molar-refractivity contribution in [1.29, 1.82) is 0 Å². The molecule has 2 heteroatoms. The summed E-state index contributed by atoms with van der Waals surface area (Å²) in [7, 11) is 0. The van der Waals surface area contributed by atoms with Gasteiger partial charge in [-0.15, -0.1) is 0 Å². The molecule has 1 aromatic heterocycles. The molecule has 1 aromatic carbocycles. The fraction of sp³-hybridized carbons (Fsp3) is 0.357. The van der Waals surface area contributed by atoms with Gasteiger partial charge >= 0.3 is 0 Å². The Morgan fingerprint density at radius 2 is 1.88 bits per heavy atom. The molecule has 0 saturated heterocycles. The Morgan fingerprint density at radius 1 is 1.19 bits per heavy atom. The average Bonchev–Trinajstić information content (AvgIpc) is 2.18. The molecule has 1 nitrogen and oxygen atoms in total. The van der Waals surface area contributed by atoms with E-state index in [1.54, 1.807) is 6.20 Å². The van der Waals surface area contributed by atoms with Crippen molar-refractivity contribution < 1.29 is 0 Å². The average molecular weight is 234 g/mol. The van der Waals surface area contributed by atoms with Crippen molar-refractivity contribution in [1.82, 2.24) is 4.98 Å². The molecule has 0 N–H and O–H groups in total. The zero-order chi connectivity index (χ0) is 11.9. The minimum Gasteiger partial charge on any atom is -0.256 e. The second kappa shape index (κ2) is 3.74. The van der Waals surface area contributed by atoms with Gasteiger partial charge in [0.1, 0.15) is 0 Å². The smallest absolute Gasteiger partial charge is 0.0746 e. The highest BCUT2D eigenvalue weighted by molar-refractivity contribution is 6.35. The van der Waals surface area contributed by atoms with Gasteiger partial charge < -0.3 is 0 Å². The van der Waals surface area contributed by atoms with Crippen molar-refractivity contribution in [3.8, 4) is 0 Å².